The first kappa shape index (κ1) is 18.6. The van der Waals surface area contributed by atoms with Gasteiger partial charge in [0.2, 0.25) is 5.91 Å². The molecule has 3 rings (SSSR count). The van der Waals surface area contributed by atoms with Gasteiger partial charge >= 0.3 is 0 Å². The third-order valence-corrected chi connectivity index (χ3v) is 5.02. The molecule has 1 aromatic carbocycles. The molecule has 0 saturated carbocycles. The second kappa shape index (κ2) is 8.44. The highest BCUT2D eigenvalue weighted by Crippen LogP contribution is 2.31. The van der Waals surface area contributed by atoms with Crippen LogP contribution >= 0.6 is 22.9 Å². The predicted octanol–water partition coefficient (Wildman–Crippen LogP) is 2.93. The Kier molecular flexibility index (Phi) is 6.03. The maximum Gasteiger partial charge on any atom is 0.263 e. The van der Waals surface area contributed by atoms with Gasteiger partial charge in [0.05, 0.1) is 11.7 Å². The summed E-state index contributed by atoms with van der Waals surface area (Å²) in [5, 5.41) is 5.82. The number of hydrogen-bond donors (Lipinski definition) is 1. The van der Waals surface area contributed by atoms with Crippen LogP contribution in [0.3, 0.4) is 0 Å². The molecule has 1 amide bonds. The van der Waals surface area contributed by atoms with Crippen molar-refractivity contribution >= 4 is 39.1 Å². The van der Waals surface area contributed by atoms with E-state index in [0.29, 0.717) is 28.4 Å². The highest BCUT2D eigenvalue weighted by atomic mass is 35.5. The lowest BCUT2D eigenvalue weighted by atomic mass is 10.1. The molecule has 0 bridgehead atoms. The first-order chi connectivity index (χ1) is 12.6. The van der Waals surface area contributed by atoms with Crippen molar-refractivity contribution in [2.24, 2.45) is 0 Å². The number of nitrogens with zero attached hydrogens (tertiary/aromatic N) is 2. The number of amides is 1. The molecule has 0 aliphatic heterocycles. The highest BCUT2D eigenvalue weighted by Gasteiger charge is 2.14. The van der Waals surface area contributed by atoms with E-state index in [1.54, 1.807) is 19.2 Å². The van der Waals surface area contributed by atoms with E-state index in [4.69, 9.17) is 16.3 Å². The largest absolute Gasteiger partial charge is 0.385 e. The maximum absolute atomic E-state index is 12.9. The quantitative estimate of drug-likeness (QED) is 0.628. The molecule has 26 heavy (non-hydrogen) atoms. The second-order valence-electron chi connectivity index (χ2n) is 5.71. The zero-order valence-corrected chi connectivity index (χ0v) is 15.8. The monoisotopic (exact) mass is 391 g/mol. The van der Waals surface area contributed by atoms with Gasteiger partial charge in [-0.15, -0.1) is 11.3 Å². The molecule has 1 N–H and O–H groups in total. The average molecular weight is 392 g/mol. The van der Waals surface area contributed by atoms with Crippen LogP contribution < -0.4 is 10.9 Å². The number of rotatable bonds is 7. The molecule has 136 valence electrons. The van der Waals surface area contributed by atoms with Crippen molar-refractivity contribution in [3.05, 3.63) is 51.3 Å². The lowest BCUT2D eigenvalue weighted by molar-refractivity contribution is -0.121. The first-order valence-electron chi connectivity index (χ1n) is 8.08. The molecule has 8 heteroatoms. The van der Waals surface area contributed by atoms with Crippen molar-refractivity contribution < 1.29 is 9.53 Å². The van der Waals surface area contributed by atoms with E-state index in [9.17, 15) is 9.59 Å². The van der Waals surface area contributed by atoms with Crippen molar-refractivity contribution in [1.29, 1.82) is 0 Å². The van der Waals surface area contributed by atoms with E-state index in [2.05, 4.69) is 10.3 Å². The fourth-order valence-electron chi connectivity index (χ4n) is 2.58. The minimum Gasteiger partial charge on any atom is -0.385 e. The molecule has 6 nitrogen and oxygen atoms in total. The molecule has 3 aromatic rings. The molecule has 0 unspecified atom stereocenters. The number of halogens is 1. The van der Waals surface area contributed by atoms with E-state index >= 15 is 0 Å². The Morgan fingerprint density at radius 3 is 2.85 bits per heavy atom. The van der Waals surface area contributed by atoms with E-state index in [-0.39, 0.29) is 18.0 Å². The molecular weight excluding hydrogens is 374 g/mol. The van der Waals surface area contributed by atoms with Crippen molar-refractivity contribution in [1.82, 2.24) is 14.9 Å². The van der Waals surface area contributed by atoms with Gasteiger partial charge in [-0.25, -0.2) is 4.98 Å². The molecule has 2 heterocycles. The Morgan fingerprint density at radius 1 is 1.35 bits per heavy atom. The fourth-order valence-corrected chi connectivity index (χ4v) is 3.61. The van der Waals surface area contributed by atoms with Gasteiger partial charge in [-0.2, -0.15) is 0 Å². The van der Waals surface area contributed by atoms with Gasteiger partial charge < -0.3 is 10.1 Å². The SMILES string of the molecule is COCCCNC(=O)Cn1cnc2scc(-c3ccc(Cl)cc3)c2c1=O. The Hall–Kier alpha value is -2.22. The van der Waals surface area contributed by atoms with Crippen LogP contribution in [0.5, 0.6) is 0 Å². The summed E-state index contributed by atoms with van der Waals surface area (Å²) in [5.41, 5.74) is 1.46. The maximum atomic E-state index is 12.9. The first-order valence-corrected chi connectivity index (χ1v) is 9.34. The summed E-state index contributed by atoms with van der Waals surface area (Å²) in [6.45, 7) is 1.02. The van der Waals surface area contributed by atoms with E-state index in [0.717, 1.165) is 17.5 Å². The fraction of sp³-hybridized carbons (Fsp3) is 0.278. The lowest BCUT2D eigenvalue weighted by Gasteiger charge is -2.07. The van der Waals surface area contributed by atoms with Gasteiger partial charge in [-0.05, 0) is 24.1 Å². The van der Waals surface area contributed by atoms with Crippen LogP contribution in [-0.2, 0) is 16.1 Å². The number of carbonyl (C=O) groups excluding carboxylic acids is 1. The molecule has 0 fully saturated rings. The topological polar surface area (TPSA) is 73.2 Å². The van der Waals surface area contributed by atoms with Crippen LogP contribution in [0.2, 0.25) is 5.02 Å². The summed E-state index contributed by atoms with van der Waals surface area (Å²) in [4.78, 5) is 29.9. The number of benzene rings is 1. The molecule has 0 atom stereocenters. The lowest BCUT2D eigenvalue weighted by Crippen LogP contribution is -2.33. The zero-order chi connectivity index (χ0) is 18.5. The Labute approximate surface area is 159 Å². The number of ether oxygens (including phenoxy) is 1. The highest BCUT2D eigenvalue weighted by molar-refractivity contribution is 7.17. The summed E-state index contributed by atoms with van der Waals surface area (Å²) >= 11 is 7.34. The van der Waals surface area contributed by atoms with Gasteiger partial charge in [0, 0.05) is 36.2 Å². The number of fused-ring (bicyclic) bond motifs is 1. The number of aromatic nitrogens is 2. The van der Waals surface area contributed by atoms with E-state index in [1.165, 1.54) is 22.2 Å². The molecule has 0 aliphatic rings. The van der Waals surface area contributed by atoms with Crippen LogP contribution in [0.1, 0.15) is 6.42 Å². The predicted molar refractivity (Wildman–Crippen MR) is 104 cm³/mol. The Morgan fingerprint density at radius 2 is 2.12 bits per heavy atom. The minimum absolute atomic E-state index is 0.0648. The van der Waals surface area contributed by atoms with Crippen LogP contribution in [-0.4, -0.2) is 35.7 Å². The number of carbonyl (C=O) groups is 1. The number of methoxy groups -OCH3 is 1. The van der Waals surface area contributed by atoms with Crippen molar-refractivity contribution in [2.45, 2.75) is 13.0 Å². The van der Waals surface area contributed by atoms with Crippen LogP contribution in [0, 0.1) is 0 Å². The standard InChI is InChI=1S/C18H18ClN3O3S/c1-25-8-2-7-20-15(23)9-22-11-21-17-16(18(22)24)14(10-26-17)12-3-5-13(19)6-4-12/h3-6,10-11H,2,7-9H2,1H3,(H,20,23). The molecular formula is C18H18ClN3O3S. The van der Waals surface area contributed by atoms with Crippen LogP contribution in [0.25, 0.3) is 21.3 Å². The summed E-state index contributed by atoms with van der Waals surface area (Å²) in [7, 11) is 1.61. The van der Waals surface area contributed by atoms with Gasteiger partial charge in [0.1, 0.15) is 11.4 Å². The number of nitrogens with one attached hydrogen (secondary N) is 1. The van der Waals surface area contributed by atoms with Crippen LogP contribution in [0.4, 0.5) is 0 Å². The molecule has 0 saturated heterocycles. The van der Waals surface area contributed by atoms with E-state index < -0.39 is 0 Å². The minimum atomic E-state index is -0.229. The zero-order valence-electron chi connectivity index (χ0n) is 14.2. The van der Waals surface area contributed by atoms with Gasteiger partial charge in [-0.1, -0.05) is 23.7 Å². The summed E-state index contributed by atoms with van der Waals surface area (Å²) in [6, 6.07) is 7.29. The normalized spacial score (nSPS) is 11.0. The smallest absolute Gasteiger partial charge is 0.263 e. The van der Waals surface area contributed by atoms with E-state index in [1.807, 2.05) is 17.5 Å². The Balaban J connectivity index is 1.86. The molecule has 0 radical (unpaired) electrons. The number of hydrogen-bond acceptors (Lipinski definition) is 5. The van der Waals surface area contributed by atoms with Crippen molar-refractivity contribution in [3.8, 4) is 11.1 Å². The molecule has 2 aromatic heterocycles. The molecule has 0 spiro atoms. The van der Waals surface area contributed by atoms with Gasteiger partial charge in [0.15, 0.2) is 0 Å². The van der Waals surface area contributed by atoms with Crippen LogP contribution in [0.15, 0.2) is 40.8 Å². The second-order valence-corrected chi connectivity index (χ2v) is 7.00. The third-order valence-electron chi connectivity index (χ3n) is 3.88. The van der Waals surface area contributed by atoms with Crippen molar-refractivity contribution in [3.63, 3.8) is 0 Å². The summed E-state index contributed by atoms with van der Waals surface area (Å²) < 4.78 is 6.27. The third kappa shape index (κ3) is 4.12. The molecule has 0 aliphatic carbocycles. The number of thiophene rings is 1. The van der Waals surface area contributed by atoms with Crippen molar-refractivity contribution in [2.75, 3.05) is 20.3 Å². The Bertz CT molecular complexity index is 966. The van der Waals surface area contributed by atoms with Gasteiger partial charge in [0.25, 0.3) is 5.56 Å². The van der Waals surface area contributed by atoms with Gasteiger partial charge in [-0.3, -0.25) is 14.2 Å². The summed E-state index contributed by atoms with van der Waals surface area (Å²) in [5.74, 6) is -0.229. The average Bonchev–Trinajstić information content (AvgIpc) is 3.07. The summed E-state index contributed by atoms with van der Waals surface area (Å²) in [6.07, 6.45) is 2.14.